The van der Waals surface area contributed by atoms with E-state index < -0.39 is 10.7 Å². The molecule has 7 heteroatoms. The molecule has 0 bridgehead atoms. The van der Waals surface area contributed by atoms with E-state index in [0.717, 1.165) is 48.8 Å². The number of hydrogen-bond donors (Lipinski definition) is 1. The molecule has 0 aromatic heterocycles. The Bertz CT molecular complexity index is 1110. The molecule has 178 valence electrons. The summed E-state index contributed by atoms with van der Waals surface area (Å²) in [4.78, 5) is 14.6. The third-order valence-corrected chi connectivity index (χ3v) is 7.20. The molecule has 35 heavy (non-hydrogen) atoms. The molecule has 0 amide bonds. The minimum absolute atomic E-state index is 0. The molecular formula is C28H31N2NaO3S. The molecule has 0 spiro atoms. The number of benzene rings is 3. The van der Waals surface area contributed by atoms with E-state index in [2.05, 4.69) is 28.4 Å². The van der Waals surface area contributed by atoms with E-state index >= 15 is 0 Å². The van der Waals surface area contributed by atoms with Gasteiger partial charge in [-0.2, -0.15) is 0 Å². The van der Waals surface area contributed by atoms with E-state index in [1.165, 1.54) is 28.6 Å². The molecule has 3 aromatic rings. The van der Waals surface area contributed by atoms with Crippen LogP contribution in [0.3, 0.4) is 0 Å². The fourth-order valence-electron chi connectivity index (χ4n) is 4.14. The van der Waals surface area contributed by atoms with Crippen molar-refractivity contribution in [1.29, 1.82) is 0 Å². The van der Waals surface area contributed by atoms with Crippen LogP contribution in [0.2, 0.25) is 0 Å². The number of ether oxygens (including phenoxy) is 1. The quantitative estimate of drug-likeness (QED) is 0.340. The SMILES string of the molecule is CC(C)(Sc1ccc(NCc2cccc3c2CCCN3CCOc2ccccc2)cc1)C(=O)[O-].[Na+]. The molecule has 1 N–H and O–H groups in total. The number of carbonyl (C=O) groups is 1. The zero-order chi connectivity index (χ0) is 24.0. The first-order valence-electron chi connectivity index (χ1n) is 11.7. The number of carboxylic acid groups (broad SMARTS) is 1. The first-order valence-corrected chi connectivity index (χ1v) is 12.5. The van der Waals surface area contributed by atoms with E-state index in [9.17, 15) is 9.90 Å². The maximum Gasteiger partial charge on any atom is 1.00 e. The summed E-state index contributed by atoms with van der Waals surface area (Å²) in [5.74, 6) is -0.153. The zero-order valence-corrected chi connectivity index (χ0v) is 23.6. The van der Waals surface area contributed by atoms with Crippen molar-refractivity contribution < 1.29 is 44.2 Å². The minimum atomic E-state index is -1.06. The van der Waals surface area contributed by atoms with Crippen molar-refractivity contribution >= 4 is 29.1 Å². The maximum absolute atomic E-state index is 11.3. The Morgan fingerprint density at radius 1 is 1.06 bits per heavy atom. The van der Waals surface area contributed by atoms with Crippen LogP contribution in [0.5, 0.6) is 5.75 Å². The molecule has 0 saturated heterocycles. The summed E-state index contributed by atoms with van der Waals surface area (Å²) in [6, 6.07) is 24.4. The molecule has 0 saturated carbocycles. The van der Waals surface area contributed by atoms with Crippen LogP contribution in [0.4, 0.5) is 11.4 Å². The average Bonchev–Trinajstić information content (AvgIpc) is 2.84. The van der Waals surface area contributed by atoms with Gasteiger partial charge in [0.25, 0.3) is 0 Å². The van der Waals surface area contributed by atoms with Crippen LogP contribution in [0.25, 0.3) is 0 Å². The Balaban J connectivity index is 0.00000342. The maximum atomic E-state index is 11.3. The van der Waals surface area contributed by atoms with Crippen LogP contribution in [0, 0.1) is 0 Å². The van der Waals surface area contributed by atoms with Gasteiger partial charge in [0.15, 0.2) is 0 Å². The number of rotatable bonds is 10. The number of nitrogens with one attached hydrogen (secondary N) is 1. The predicted molar refractivity (Wildman–Crippen MR) is 138 cm³/mol. The molecule has 1 aliphatic heterocycles. The van der Waals surface area contributed by atoms with Crippen molar-refractivity contribution in [3.63, 3.8) is 0 Å². The van der Waals surface area contributed by atoms with Crippen LogP contribution in [0.1, 0.15) is 31.4 Å². The fraction of sp³-hybridized carbons (Fsp3) is 0.321. The van der Waals surface area contributed by atoms with Crippen LogP contribution < -0.4 is 49.6 Å². The minimum Gasteiger partial charge on any atom is -0.549 e. The number of fused-ring (bicyclic) bond motifs is 1. The van der Waals surface area contributed by atoms with Crippen molar-refractivity contribution in [3.8, 4) is 5.75 Å². The van der Waals surface area contributed by atoms with Gasteiger partial charge in [0.2, 0.25) is 0 Å². The predicted octanol–water partition coefficient (Wildman–Crippen LogP) is 1.75. The smallest absolute Gasteiger partial charge is 0.549 e. The molecule has 3 aromatic carbocycles. The number of aliphatic carboxylic acids is 1. The second-order valence-electron chi connectivity index (χ2n) is 8.94. The molecule has 0 aliphatic carbocycles. The second kappa shape index (κ2) is 12.7. The van der Waals surface area contributed by atoms with Crippen LogP contribution in [-0.2, 0) is 17.8 Å². The summed E-state index contributed by atoms with van der Waals surface area (Å²) in [7, 11) is 0. The Kier molecular flexibility index (Phi) is 9.99. The van der Waals surface area contributed by atoms with Crippen molar-refractivity contribution in [3.05, 3.63) is 83.9 Å². The molecule has 0 radical (unpaired) electrons. The first-order chi connectivity index (χ1) is 16.4. The van der Waals surface area contributed by atoms with Gasteiger partial charge >= 0.3 is 29.6 Å². The fourth-order valence-corrected chi connectivity index (χ4v) is 5.08. The summed E-state index contributed by atoms with van der Waals surface area (Å²) in [6.45, 7) is 6.63. The van der Waals surface area contributed by atoms with Gasteiger partial charge in [-0.3, -0.25) is 0 Å². The second-order valence-corrected chi connectivity index (χ2v) is 10.6. The number of nitrogens with zero attached hydrogens (tertiary/aromatic N) is 1. The topological polar surface area (TPSA) is 64.6 Å². The van der Waals surface area contributed by atoms with E-state index in [-0.39, 0.29) is 29.6 Å². The van der Waals surface area contributed by atoms with Gasteiger partial charge in [-0.1, -0.05) is 30.3 Å². The summed E-state index contributed by atoms with van der Waals surface area (Å²) in [6.07, 6.45) is 2.21. The molecule has 4 rings (SSSR count). The monoisotopic (exact) mass is 498 g/mol. The van der Waals surface area contributed by atoms with Gasteiger partial charge in [-0.15, -0.1) is 11.8 Å². The summed E-state index contributed by atoms with van der Waals surface area (Å²) in [5, 5.41) is 14.8. The van der Waals surface area contributed by atoms with Gasteiger partial charge in [-0.25, -0.2) is 0 Å². The molecular weight excluding hydrogens is 467 g/mol. The largest absolute Gasteiger partial charge is 1.00 e. The number of para-hydroxylation sites is 1. The van der Waals surface area contributed by atoms with Gasteiger partial charge in [-0.05, 0) is 80.3 Å². The summed E-state index contributed by atoms with van der Waals surface area (Å²) in [5.41, 5.74) is 5.03. The van der Waals surface area contributed by atoms with Crippen molar-refractivity contribution in [2.24, 2.45) is 0 Å². The Morgan fingerprint density at radius 2 is 1.80 bits per heavy atom. The van der Waals surface area contributed by atoms with Crippen molar-refractivity contribution in [2.45, 2.75) is 42.9 Å². The number of anilines is 2. The van der Waals surface area contributed by atoms with Crippen molar-refractivity contribution in [1.82, 2.24) is 0 Å². The Morgan fingerprint density at radius 3 is 2.51 bits per heavy atom. The van der Waals surface area contributed by atoms with Crippen LogP contribution in [-0.4, -0.2) is 30.4 Å². The normalized spacial score (nSPS) is 12.9. The molecule has 0 fully saturated rings. The molecule has 0 atom stereocenters. The number of hydrogen-bond acceptors (Lipinski definition) is 6. The van der Waals surface area contributed by atoms with Crippen molar-refractivity contribution in [2.75, 3.05) is 29.9 Å². The van der Waals surface area contributed by atoms with E-state index in [4.69, 9.17) is 4.74 Å². The first kappa shape index (κ1) is 27.5. The Hall–Kier alpha value is -2.12. The summed E-state index contributed by atoms with van der Waals surface area (Å²) < 4.78 is 4.96. The summed E-state index contributed by atoms with van der Waals surface area (Å²) >= 11 is 1.30. The average molecular weight is 499 g/mol. The number of carbonyl (C=O) groups excluding carboxylic acids is 1. The van der Waals surface area contributed by atoms with Crippen LogP contribution in [0.15, 0.2) is 77.7 Å². The van der Waals surface area contributed by atoms with Gasteiger partial charge in [0.1, 0.15) is 12.4 Å². The Labute approximate surface area is 234 Å². The number of carboxylic acids is 1. The van der Waals surface area contributed by atoms with E-state index in [1.54, 1.807) is 13.8 Å². The van der Waals surface area contributed by atoms with Crippen LogP contribution >= 0.6 is 11.8 Å². The molecule has 1 heterocycles. The van der Waals surface area contributed by atoms with E-state index in [0.29, 0.717) is 6.61 Å². The molecule has 0 unspecified atom stereocenters. The van der Waals surface area contributed by atoms with Gasteiger partial charge in [0, 0.05) is 29.4 Å². The third kappa shape index (κ3) is 7.43. The molecule has 1 aliphatic rings. The van der Waals surface area contributed by atoms with Gasteiger partial charge < -0.3 is 24.9 Å². The molecule has 5 nitrogen and oxygen atoms in total. The third-order valence-electron chi connectivity index (χ3n) is 6.02. The standard InChI is InChI=1S/C28H32N2O3S.Na/c1-28(2,27(31)32)34-24-15-13-22(14-16-24)29-20-21-8-6-12-26-25(21)11-7-17-30(26)18-19-33-23-9-4-3-5-10-23;/h3-6,8-10,12-16,29H,7,11,17-20H2,1-2H3,(H,31,32);/q;+1/p-1. The number of thioether (sulfide) groups is 1. The van der Waals surface area contributed by atoms with E-state index in [1.807, 2.05) is 54.6 Å². The zero-order valence-electron chi connectivity index (χ0n) is 20.8. The van der Waals surface area contributed by atoms with Gasteiger partial charge in [0.05, 0.1) is 17.3 Å².